The van der Waals surface area contributed by atoms with Gasteiger partial charge in [0.05, 0.1) is 26.9 Å². The number of nitrogens with zero attached hydrogens (tertiary/aromatic N) is 1. The van der Waals surface area contributed by atoms with Crippen LogP contribution >= 0.6 is 0 Å². The summed E-state index contributed by atoms with van der Waals surface area (Å²) >= 11 is 0. The summed E-state index contributed by atoms with van der Waals surface area (Å²) in [6, 6.07) is 13.7. The molecule has 1 fully saturated rings. The summed E-state index contributed by atoms with van der Waals surface area (Å²) < 4.78 is 16.2. The molecular formula is C24H32N4O4. The number of benzene rings is 2. The number of anilines is 1. The van der Waals surface area contributed by atoms with E-state index in [4.69, 9.17) is 9.47 Å². The lowest BCUT2D eigenvalue weighted by molar-refractivity contribution is 0.140. The number of hydrogen-bond donors (Lipinski definition) is 3. The Kier molecular flexibility index (Phi) is 8.74. The molecule has 1 amide bonds. The van der Waals surface area contributed by atoms with Crippen molar-refractivity contribution in [3.05, 3.63) is 59.2 Å². The van der Waals surface area contributed by atoms with Gasteiger partial charge in [-0.1, -0.05) is 24.3 Å². The monoisotopic (exact) mass is 440 g/mol. The smallest absolute Gasteiger partial charge is 0.411 e. The largest absolute Gasteiger partial charge is 0.488 e. The lowest BCUT2D eigenvalue weighted by Gasteiger charge is -2.18. The van der Waals surface area contributed by atoms with Crippen LogP contribution in [0.4, 0.5) is 10.5 Å². The molecule has 1 saturated heterocycles. The van der Waals surface area contributed by atoms with Crippen LogP contribution < -0.4 is 20.7 Å². The van der Waals surface area contributed by atoms with E-state index in [1.54, 1.807) is 0 Å². The van der Waals surface area contributed by atoms with Crippen LogP contribution in [0.15, 0.2) is 47.5 Å². The maximum absolute atomic E-state index is 11.3. The molecular weight excluding hydrogens is 408 g/mol. The van der Waals surface area contributed by atoms with Crippen molar-refractivity contribution in [2.45, 2.75) is 39.5 Å². The molecule has 0 spiro atoms. The first kappa shape index (κ1) is 23.4. The first-order valence-corrected chi connectivity index (χ1v) is 10.9. The highest BCUT2D eigenvalue weighted by molar-refractivity contribution is 5.84. The van der Waals surface area contributed by atoms with Crippen molar-refractivity contribution in [2.24, 2.45) is 4.99 Å². The molecule has 172 valence electrons. The van der Waals surface area contributed by atoms with Crippen molar-refractivity contribution in [1.29, 1.82) is 0 Å². The molecule has 0 aliphatic carbocycles. The van der Waals surface area contributed by atoms with E-state index >= 15 is 0 Å². The molecule has 1 heterocycles. The predicted octanol–water partition coefficient (Wildman–Crippen LogP) is 3.60. The van der Waals surface area contributed by atoms with Gasteiger partial charge in [-0.2, -0.15) is 0 Å². The van der Waals surface area contributed by atoms with Gasteiger partial charge in [-0.3, -0.25) is 5.32 Å². The number of carbonyl (C=O) groups excluding carboxylic acids is 1. The van der Waals surface area contributed by atoms with Crippen molar-refractivity contribution in [3.63, 3.8) is 0 Å². The Hall–Kier alpha value is -3.26. The molecule has 0 saturated carbocycles. The Balaban J connectivity index is 1.61. The van der Waals surface area contributed by atoms with Gasteiger partial charge in [0.15, 0.2) is 5.96 Å². The van der Waals surface area contributed by atoms with E-state index in [0.29, 0.717) is 25.4 Å². The maximum Gasteiger partial charge on any atom is 0.411 e. The number of methoxy groups -OCH3 is 1. The standard InChI is InChI=1S/C24H32N4O4/c1-4-25-23(26-14-18-6-9-20(10-7-18)28-24(29)30-3)27-15-19-8-5-17(2)13-22(19)32-21-11-12-31-16-21/h5-10,13,21H,4,11-12,14-16H2,1-3H3,(H,28,29)(H2,25,26,27). The topological polar surface area (TPSA) is 93.2 Å². The number of ether oxygens (including phenoxy) is 3. The Morgan fingerprint density at radius 3 is 2.69 bits per heavy atom. The van der Waals surface area contributed by atoms with Gasteiger partial charge in [-0.25, -0.2) is 9.79 Å². The number of guanidine groups is 1. The van der Waals surface area contributed by atoms with Gasteiger partial charge < -0.3 is 24.8 Å². The fourth-order valence-electron chi connectivity index (χ4n) is 3.26. The Morgan fingerprint density at radius 2 is 2.00 bits per heavy atom. The summed E-state index contributed by atoms with van der Waals surface area (Å²) in [6.45, 7) is 7.34. The molecule has 1 unspecified atom stereocenters. The van der Waals surface area contributed by atoms with E-state index in [0.717, 1.165) is 48.0 Å². The summed E-state index contributed by atoms with van der Waals surface area (Å²) in [5, 5.41) is 9.30. The van der Waals surface area contributed by atoms with Crippen LogP contribution in [0.3, 0.4) is 0 Å². The number of amides is 1. The Labute approximate surface area is 189 Å². The van der Waals surface area contributed by atoms with E-state index in [-0.39, 0.29) is 6.10 Å². The third kappa shape index (κ3) is 7.16. The van der Waals surface area contributed by atoms with Crippen LogP contribution in [0.1, 0.15) is 30.0 Å². The lowest BCUT2D eigenvalue weighted by atomic mass is 10.1. The van der Waals surface area contributed by atoms with Gasteiger partial charge in [0.1, 0.15) is 11.9 Å². The van der Waals surface area contributed by atoms with Crippen molar-refractivity contribution in [3.8, 4) is 5.75 Å². The van der Waals surface area contributed by atoms with E-state index in [1.807, 2.05) is 31.2 Å². The fraction of sp³-hybridized carbons (Fsp3) is 0.417. The average molecular weight is 441 g/mol. The second-order valence-corrected chi connectivity index (χ2v) is 7.58. The molecule has 0 aromatic heterocycles. The number of nitrogens with one attached hydrogen (secondary N) is 3. The van der Waals surface area contributed by atoms with Crippen molar-refractivity contribution in [1.82, 2.24) is 10.6 Å². The summed E-state index contributed by atoms with van der Waals surface area (Å²) in [5.41, 5.74) is 3.94. The van der Waals surface area contributed by atoms with Crippen LogP contribution in [0.2, 0.25) is 0 Å². The molecule has 1 atom stereocenters. The molecule has 3 N–H and O–H groups in total. The highest BCUT2D eigenvalue weighted by atomic mass is 16.5. The van der Waals surface area contributed by atoms with Crippen molar-refractivity contribution in [2.75, 3.05) is 32.2 Å². The Morgan fingerprint density at radius 1 is 1.19 bits per heavy atom. The van der Waals surface area contributed by atoms with Crippen LogP contribution in [0.5, 0.6) is 5.75 Å². The van der Waals surface area contributed by atoms with Crippen LogP contribution in [-0.2, 0) is 22.6 Å². The SMILES string of the molecule is CCNC(=NCc1ccc(NC(=O)OC)cc1)NCc1ccc(C)cc1OC1CCOC1. The third-order valence-electron chi connectivity index (χ3n) is 5.00. The van der Waals surface area contributed by atoms with Gasteiger partial charge in [0.25, 0.3) is 0 Å². The van der Waals surface area contributed by atoms with Crippen LogP contribution in [0.25, 0.3) is 0 Å². The van der Waals surface area contributed by atoms with Gasteiger partial charge >= 0.3 is 6.09 Å². The fourth-order valence-corrected chi connectivity index (χ4v) is 3.26. The summed E-state index contributed by atoms with van der Waals surface area (Å²) in [7, 11) is 1.34. The van der Waals surface area contributed by atoms with E-state index < -0.39 is 6.09 Å². The minimum atomic E-state index is -0.491. The quantitative estimate of drug-likeness (QED) is 0.429. The maximum atomic E-state index is 11.3. The molecule has 8 nitrogen and oxygen atoms in total. The van der Waals surface area contributed by atoms with Crippen molar-refractivity contribution < 1.29 is 19.0 Å². The number of hydrogen-bond acceptors (Lipinski definition) is 5. The number of aliphatic imine (C=N–C) groups is 1. The Bertz CT molecular complexity index is 909. The molecule has 8 heteroatoms. The van der Waals surface area contributed by atoms with Crippen LogP contribution in [0, 0.1) is 6.92 Å². The van der Waals surface area contributed by atoms with Crippen molar-refractivity contribution >= 4 is 17.7 Å². The summed E-state index contributed by atoms with van der Waals surface area (Å²) in [6.07, 6.45) is 0.530. The normalized spacial score (nSPS) is 15.8. The molecule has 1 aliphatic rings. The van der Waals surface area contributed by atoms with Gasteiger partial charge in [0, 0.05) is 30.8 Å². The first-order valence-electron chi connectivity index (χ1n) is 10.9. The summed E-state index contributed by atoms with van der Waals surface area (Å²) in [5.74, 6) is 1.61. The van der Waals surface area contributed by atoms with E-state index in [2.05, 4.69) is 50.8 Å². The number of carbonyl (C=O) groups is 1. The third-order valence-corrected chi connectivity index (χ3v) is 5.00. The molecule has 32 heavy (non-hydrogen) atoms. The van der Waals surface area contributed by atoms with Gasteiger partial charge in [-0.15, -0.1) is 0 Å². The van der Waals surface area contributed by atoms with E-state index in [1.165, 1.54) is 7.11 Å². The minimum absolute atomic E-state index is 0.106. The zero-order valence-electron chi connectivity index (χ0n) is 18.9. The molecule has 0 radical (unpaired) electrons. The molecule has 2 aromatic carbocycles. The van der Waals surface area contributed by atoms with E-state index in [9.17, 15) is 4.79 Å². The predicted molar refractivity (Wildman–Crippen MR) is 125 cm³/mol. The second-order valence-electron chi connectivity index (χ2n) is 7.58. The number of rotatable bonds is 8. The lowest BCUT2D eigenvalue weighted by Crippen LogP contribution is -2.37. The first-order chi connectivity index (χ1) is 15.6. The molecule has 0 bridgehead atoms. The highest BCUT2D eigenvalue weighted by Crippen LogP contribution is 2.23. The zero-order chi connectivity index (χ0) is 22.8. The van der Waals surface area contributed by atoms with Gasteiger partial charge in [0.2, 0.25) is 0 Å². The molecule has 3 rings (SSSR count). The molecule has 1 aliphatic heterocycles. The van der Waals surface area contributed by atoms with Gasteiger partial charge in [-0.05, 0) is 43.2 Å². The zero-order valence-corrected chi connectivity index (χ0v) is 18.9. The number of aryl methyl sites for hydroxylation is 1. The highest BCUT2D eigenvalue weighted by Gasteiger charge is 2.18. The molecule has 2 aromatic rings. The average Bonchev–Trinajstić information content (AvgIpc) is 3.30. The second kappa shape index (κ2) is 12.0. The van der Waals surface area contributed by atoms with Crippen LogP contribution in [-0.4, -0.2) is 45.0 Å². The minimum Gasteiger partial charge on any atom is -0.488 e. The summed E-state index contributed by atoms with van der Waals surface area (Å²) in [4.78, 5) is 16.0.